The maximum absolute atomic E-state index is 12.6. The minimum Gasteiger partial charge on any atom is -0.481 e. The molecule has 1 aliphatic heterocycles. The van der Waals surface area contributed by atoms with Gasteiger partial charge in [-0.25, -0.2) is 0 Å². The molecule has 0 aromatic rings. The molecule has 1 saturated carbocycles. The highest BCUT2D eigenvalue weighted by atomic mass is 16.5. The van der Waals surface area contributed by atoms with E-state index in [2.05, 4.69) is 0 Å². The summed E-state index contributed by atoms with van der Waals surface area (Å²) in [6, 6.07) is 0. The Bertz CT molecular complexity index is 392. The SMILES string of the molecule is CCC(OC1CCCCC1)C(=O)N1CCC(C)(C(=O)O)C1. The molecule has 1 amide bonds. The molecule has 2 rings (SSSR count). The molecule has 1 aliphatic carbocycles. The lowest BCUT2D eigenvalue weighted by molar-refractivity contribution is -0.151. The van der Waals surface area contributed by atoms with Crippen LogP contribution in [-0.2, 0) is 14.3 Å². The van der Waals surface area contributed by atoms with E-state index in [1.807, 2.05) is 6.92 Å². The summed E-state index contributed by atoms with van der Waals surface area (Å²) < 4.78 is 6.00. The summed E-state index contributed by atoms with van der Waals surface area (Å²) in [5.41, 5.74) is -0.807. The average molecular weight is 297 g/mol. The predicted octanol–water partition coefficient (Wildman–Crippen LogP) is 2.44. The van der Waals surface area contributed by atoms with E-state index >= 15 is 0 Å². The molecule has 0 bridgehead atoms. The summed E-state index contributed by atoms with van der Waals surface area (Å²) >= 11 is 0. The number of nitrogens with zero attached hydrogens (tertiary/aromatic N) is 1. The van der Waals surface area contributed by atoms with E-state index in [0.29, 0.717) is 25.9 Å². The summed E-state index contributed by atoms with van der Waals surface area (Å²) in [4.78, 5) is 25.5. The summed E-state index contributed by atoms with van der Waals surface area (Å²) in [5, 5.41) is 9.26. The van der Waals surface area contributed by atoms with Crippen LogP contribution in [-0.4, -0.2) is 47.2 Å². The number of hydrogen-bond donors (Lipinski definition) is 1. The van der Waals surface area contributed by atoms with Crippen LogP contribution >= 0.6 is 0 Å². The largest absolute Gasteiger partial charge is 0.481 e. The van der Waals surface area contributed by atoms with Gasteiger partial charge in [0, 0.05) is 13.1 Å². The Kier molecular flexibility index (Phi) is 5.25. The first-order valence-corrected chi connectivity index (χ1v) is 8.14. The van der Waals surface area contributed by atoms with Crippen molar-refractivity contribution >= 4 is 11.9 Å². The van der Waals surface area contributed by atoms with Crippen molar-refractivity contribution in [2.45, 2.75) is 71.0 Å². The van der Waals surface area contributed by atoms with Crippen LogP contribution in [0.15, 0.2) is 0 Å². The van der Waals surface area contributed by atoms with Gasteiger partial charge in [0.25, 0.3) is 5.91 Å². The maximum Gasteiger partial charge on any atom is 0.311 e. The standard InChI is InChI=1S/C16H27NO4/c1-3-13(21-12-7-5-4-6-8-12)14(18)17-10-9-16(2,11-17)15(19)20/h12-13H,3-11H2,1-2H3,(H,19,20). The number of ether oxygens (including phenoxy) is 1. The van der Waals surface area contributed by atoms with Crippen LogP contribution in [0.4, 0.5) is 0 Å². The van der Waals surface area contributed by atoms with Crippen molar-refractivity contribution in [3.05, 3.63) is 0 Å². The van der Waals surface area contributed by atoms with Crippen molar-refractivity contribution in [3.63, 3.8) is 0 Å². The maximum atomic E-state index is 12.6. The zero-order chi connectivity index (χ0) is 15.5. The second-order valence-corrected chi connectivity index (χ2v) is 6.67. The topological polar surface area (TPSA) is 66.8 Å². The van der Waals surface area contributed by atoms with Gasteiger partial charge in [0.2, 0.25) is 0 Å². The molecule has 2 unspecified atom stereocenters. The highest BCUT2D eigenvalue weighted by molar-refractivity contribution is 5.83. The second-order valence-electron chi connectivity index (χ2n) is 6.67. The van der Waals surface area contributed by atoms with Crippen LogP contribution in [0.25, 0.3) is 0 Å². The summed E-state index contributed by atoms with van der Waals surface area (Å²) in [6.07, 6.45) is 6.64. The van der Waals surface area contributed by atoms with E-state index in [-0.39, 0.29) is 12.0 Å². The number of carboxylic acid groups (broad SMARTS) is 1. The third-order valence-electron chi connectivity index (χ3n) is 4.86. The quantitative estimate of drug-likeness (QED) is 0.846. The van der Waals surface area contributed by atoms with Crippen molar-refractivity contribution in [2.75, 3.05) is 13.1 Å². The van der Waals surface area contributed by atoms with Crippen molar-refractivity contribution < 1.29 is 19.4 Å². The minimum absolute atomic E-state index is 0.0342. The molecule has 2 atom stereocenters. The van der Waals surface area contributed by atoms with Gasteiger partial charge in [0.05, 0.1) is 11.5 Å². The second kappa shape index (κ2) is 6.77. The molecule has 0 aromatic carbocycles. The van der Waals surface area contributed by atoms with Crippen LogP contribution in [0.3, 0.4) is 0 Å². The minimum atomic E-state index is -0.820. The van der Waals surface area contributed by atoms with Gasteiger partial charge >= 0.3 is 5.97 Å². The number of hydrogen-bond acceptors (Lipinski definition) is 3. The summed E-state index contributed by atoms with van der Waals surface area (Å²) in [6.45, 7) is 4.49. The molecular formula is C16H27NO4. The Hall–Kier alpha value is -1.10. The first kappa shape index (κ1) is 16.3. The third-order valence-corrected chi connectivity index (χ3v) is 4.86. The molecule has 120 valence electrons. The Morgan fingerprint density at radius 3 is 2.52 bits per heavy atom. The van der Waals surface area contributed by atoms with Gasteiger partial charge in [-0.2, -0.15) is 0 Å². The highest BCUT2D eigenvalue weighted by Gasteiger charge is 2.43. The molecule has 0 aromatic heterocycles. The number of rotatable bonds is 5. The zero-order valence-electron chi connectivity index (χ0n) is 13.1. The van der Waals surface area contributed by atoms with Gasteiger partial charge in [0.15, 0.2) is 0 Å². The molecule has 1 saturated heterocycles. The van der Waals surface area contributed by atoms with Gasteiger partial charge in [-0.3, -0.25) is 9.59 Å². The average Bonchev–Trinajstić information content (AvgIpc) is 2.89. The van der Waals surface area contributed by atoms with E-state index in [0.717, 1.165) is 12.8 Å². The first-order valence-electron chi connectivity index (χ1n) is 8.14. The smallest absolute Gasteiger partial charge is 0.311 e. The number of carbonyl (C=O) groups is 2. The van der Waals surface area contributed by atoms with E-state index in [1.165, 1.54) is 19.3 Å². The number of carbonyl (C=O) groups excluding carboxylic acids is 1. The Balaban J connectivity index is 1.92. The van der Waals surface area contributed by atoms with Crippen LogP contribution in [0.2, 0.25) is 0 Å². The lowest BCUT2D eigenvalue weighted by Crippen LogP contribution is -2.42. The first-order chi connectivity index (χ1) is 9.96. The fraction of sp³-hybridized carbons (Fsp3) is 0.875. The molecule has 1 heterocycles. The highest BCUT2D eigenvalue weighted by Crippen LogP contribution is 2.31. The number of aliphatic carboxylic acids is 1. The molecule has 2 fully saturated rings. The van der Waals surface area contributed by atoms with Gasteiger partial charge < -0.3 is 14.7 Å². The molecule has 5 heteroatoms. The molecule has 2 aliphatic rings. The van der Waals surface area contributed by atoms with Crippen LogP contribution < -0.4 is 0 Å². The van der Waals surface area contributed by atoms with Crippen molar-refractivity contribution in [3.8, 4) is 0 Å². The molecule has 1 N–H and O–H groups in total. The number of amides is 1. The number of likely N-dealkylation sites (tertiary alicyclic amines) is 1. The van der Waals surface area contributed by atoms with Crippen molar-refractivity contribution in [2.24, 2.45) is 5.41 Å². The van der Waals surface area contributed by atoms with E-state index in [4.69, 9.17) is 4.74 Å². The Morgan fingerprint density at radius 2 is 2.00 bits per heavy atom. The van der Waals surface area contributed by atoms with Gasteiger partial charge in [-0.1, -0.05) is 26.2 Å². The summed E-state index contributed by atoms with van der Waals surface area (Å²) in [7, 11) is 0. The fourth-order valence-corrected chi connectivity index (χ4v) is 3.29. The van der Waals surface area contributed by atoms with Crippen molar-refractivity contribution in [1.82, 2.24) is 4.90 Å². The van der Waals surface area contributed by atoms with Gasteiger partial charge in [-0.05, 0) is 32.6 Å². The van der Waals surface area contributed by atoms with E-state index in [9.17, 15) is 14.7 Å². The van der Waals surface area contributed by atoms with Crippen LogP contribution in [0, 0.1) is 5.41 Å². The predicted molar refractivity (Wildman–Crippen MR) is 79.0 cm³/mol. The zero-order valence-corrected chi connectivity index (χ0v) is 13.1. The Morgan fingerprint density at radius 1 is 1.33 bits per heavy atom. The van der Waals surface area contributed by atoms with Gasteiger partial charge in [0.1, 0.15) is 6.10 Å². The monoisotopic (exact) mass is 297 g/mol. The fourth-order valence-electron chi connectivity index (χ4n) is 3.29. The van der Waals surface area contributed by atoms with E-state index < -0.39 is 17.5 Å². The Labute approximate surface area is 126 Å². The van der Waals surface area contributed by atoms with Crippen molar-refractivity contribution in [1.29, 1.82) is 0 Å². The summed E-state index contributed by atoms with van der Waals surface area (Å²) in [5.74, 6) is -0.855. The van der Waals surface area contributed by atoms with Crippen LogP contribution in [0.5, 0.6) is 0 Å². The lowest BCUT2D eigenvalue weighted by atomic mass is 9.90. The van der Waals surface area contributed by atoms with E-state index in [1.54, 1.807) is 11.8 Å². The molecule has 21 heavy (non-hydrogen) atoms. The molecule has 0 radical (unpaired) electrons. The molecule has 5 nitrogen and oxygen atoms in total. The normalized spacial score (nSPS) is 28.6. The third kappa shape index (κ3) is 3.76. The molecular weight excluding hydrogens is 270 g/mol. The molecule has 0 spiro atoms. The van der Waals surface area contributed by atoms with Crippen LogP contribution in [0.1, 0.15) is 58.8 Å². The van der Waals surface area contributed by atoms with Gasteiger partial charge in [-0.15, -0.1) is 0 Å². The number of carboxylic acids is 1. The lowest BCUT2D eigenvalue weighted by Gasteiger charge is -2.29.